The topological polar surface area (TPSA) is 89.9 Å². The van der Waals surface area contributed by atoms with Crippen molar-refractivity contribution in [3.63, 3.8) is 0 Å². The van der Waals surface area contributed by atoms with E-state index in [1.54, 1.807) is 35.5 Å². The first-order valence-corrected chi connectivity index (χ1v) is 10.3. The lowest BCUT2D eigenvalue weighted by molar-refractivity contribution is 0.0378. The highest BCUT2D eigenvalue weighted by Crippen LogP contribution is 2.36. The van der Waals surface area contributed by atoms with Gasteiger partial charge in [-0.15, -0.1) is 0 Å². The maximum Gasteiger partial charge on any atom is 0.256 e. The van der Waals surface area contributed by atoms with Crippen LogP contribution < -0.4 is 0 Å². The molecule has 1 atom stereocenters. The molecule has 1 saturated heterocycles. The molecular formula is C21H16Cl2N6O2. The van der Waals surface area contributed by atoms with Crippen LogP contribution in [0.5, 0.6) is 0 Å². The molecule has 1 aliphatic heterocycles. The van der Waals surface area contributed by atoms with Gasteiger partial charge in [0.2, 0.25) is 11.7 Å². The molecule has 0 radical (unpaired) electrons. The fraction of sp³-hybridized carbons (Fsp3) is 0.190. The monoisotopic (exact) mass is 454 g/mol. The average Bonchev–Trinajstić information content (AvgIpc) is 3.41. The van der Waals surface area contributed by atoms with E-state index in [0.717, 1.165) is 17.5 Å². The van der Waals surface area contributed by atoms with Crippen LogP contribution in [0.2, 0.25) is 10.0 Å². The first-order chi connectivity index (χ1) is 15.0. The SMILES string of the molecule is Cc1c(Cl)cccc1-c1noc([C@@H]2CCN2C(=O)c2ccc(Cl)cc2-n2nccn2)n1. The number of benzene rings is 2. The summed E-state index contributed by atoms with van der Waals surface area (Å²) in [6.07, 6.45) is 3.81. The fourth-order valence-electron chi connectivity index (χ4n) is 3.56. The van der Waals surface area contributed by atoms with Gasteiger partial charge in [0.05, 0.1) is 23.6 Å². The van der Waals surface area contributed by atoms with Gasteiger partial charge in [0.1, 0.15) is 6.04 Å². The summed E-state index contributed by atoms with van der Waals surface area (Å²) >= 11 is 12.4. The van der Waals surface area contributed by atoms with E-state index in [-0.39, 0.29) is 11.9 Å². The highest BCUT2D eigenvalue weighted by Gasteiger charge is 2.39. The Kier molecular flexibility index (Phi) is 4.95. The molecule has 1 amide bonds. The Morgan fingerprint density at radius 2 is 1.97 bits per heavy atom. The second kappa shape index (κ2) is 7.79. The van der Waals surface area contributed by atoms with Gasteiger partial charge in [0.25, 0.3) is 5.91 Å². The zero-order valence-corrected chi connectivity index (χ0v) is 17.9. The second-order valence-corrected chi connectivity index (χ2v) is 8.00. The van der Waals surface area contributed by atoms with Gasteiger partial charge in [-0.05, 0) is 43.2 Å². The number of likely N-dealkylation sites (tertiary alicyclic amines) is 1. The van der Waals surface area contributed by atoms with Crippen LogP contribution in [-0.2, 0) is 0 Å². The first-order valence-electron chi connectivity index (χ1n) is 9.59. The Balaban J connectivity index is 1.44. The Hall–Kier alpha value is -3.23. The summed E-state index contributed by atoms with van der Waals surface area (Å²) < 4.78 is 5.51. The lowest BCUT2D eigenvalue weighted by Gasteiger charge is -2.38. The van der Waals surface area contributed by atoms with Gasteiger partial charge in [-0.25, -0.2) is 0 Å². The van der Waals surface area contributed by atoms with E-state index >= 15 is 0 Å². The smallest absolute Gasteiger partial charge is 0.256 e. The van der Waals surface area contributed by atoms with Crippen molar-refractivity contribution in [3.05, 3.63) is 75.9 Å². The van der Waals surface area contributed by atoms with Crippen molar-refractivity contribution < 1.29 is 9.32 Å². The van der Waals surface area contributed by atoms with Crippen LogP contribution in [-0.4, -0.2) is 42.5 Å². The van der Waals surface area contributed by atoms with Crippen LogP contribution in [0.4, 0.5) is 0 Å². The maximum absolute atomic E-state index is 13.3. The van der Waals surface area contributed by atoms with E-state index in [2.05, 4.69) is 20.3 Å². The van der Waals surface area contributed by atoms with Crippen molar-refractivity contribution >= 4 is 29.1 Å². The summed E-state index contributed by atoms with van der Waals surface area (Å²) in [4.78, 5) is 20.9. The third-order valence-electron chi connectivity index (χ3n) is 5.34. The molecule has 0 bridgehead atoms. The maximum atomic E-state index is 13.3. The summed E-state index contributed by atoms with van der Waals surface area (Å²) in [5, 5.41) is 13.5. The number of hydrogen-bond donors (Lipinski definition) is 0. The molecule has 0 aliphatic carbocycles. The minimum absolute atomic E-state index is 0.182. The summed E-state index contributed by atoms with van der Waals surface area (Å²) in [5.41, 5.74) is 2.62. The molecule has 10 heteroatoms. The number of nitrogens with zero attached hydrogens (tertiary/aromatic N) is 6. The Morgan fingerprint density at radius 1 is 1.16 bits per heavy atom. The number of hydrogen-bond acceptors (Lipinski definition) is 6. The lowest BCUT2D eigenvalue weighted by atomic mass is 10.00. The highest BCUT2D eigenvalue weighted by molar-refractivity contribution is 6.31. The molecule has 31 heavy (non-hydrogen) atoms. The molecule has 3 heterocycles. The van der Waals surface area contributed by atoms with Crippen molar-refractivity contribution in [1.82, 2.24) is 30.0 Å². The highest BCUT2D eigenvalue weighted by atomic mass is 35.5. The summed E-state index contributed by atoms with van der Waals surface area (Å²) in [6.45, 7) is 2.48. The van der Waals surface area contributed by atoms with Crippen molar-refractivity contribution in [2.24, 2.45) is 0 Å². The van der Waals surface area contributed by atoms with Crippen molar-refractivity contribution in [3.8, 4) is 17.1 Å². The number of carbonyl (C=O) groups is 1. The number of rotatable bonds is 4. The van der Waals surface area contributed by atoms with Crippen LogP contribution in [0.15, 0.2) is 53.3 Å². The largest absolute Gasteiger partial charge is 0.337 e. The van der Waals surface area contributed by atoms with Gasteiger partial charge in [-0.1, -0.05) is 40.5 Å². The van der Waals surface area contributed by atoms with E-state index in [1.165, 1.54) is 4.80 Å². The molecule has 4 aromatic rings. The molecule has 0 N–H and O–H groups in total. The number of aromatic nitrogens is 5. The standard InChI is InChI=1S/C21H16Cl2N6O2/c1-12-14(3-2-4-16(12)23)19-26-20(31-27-19)17-7-10-28(17)21(30)15-6-5-13(22)11-18(15)29-24-8-9-25-29/h2-6,8-9,11,17H,7,10H2,1H3/t17-/m0/s1. The predicted molar refractivity (Wildman–Crippen MR) is 114 cm³/mol. The molecule has 0 unspecified atom stereocenters. The van der Waals surface area contributed by atoms with E-state index in [1.807, 2.05) is 25.1 Å². The Labute approximate surface area is 187 Å². The molecular weight excluding hydrogens is 439 g/mol. The predicted octanol–water partition coefficient (Wildman–Crippen LogP) is 4.52. The normalized spacial score (nSPS) is 15.7. The molecule has 156 valence electrons. The average molecular weight is 455 g/mol. The van der Waals surface area contributed by atoms with Crippen molar-refractivity contribution in [1.29, 1.82) is 0 Å². The third kappa shape index (κ3) is 3.47. The zero-order chi connectivity index (χ0) is 21.5. The molecule has 0 spiro atoms. The van der Waals surface area contributed by atoms with Gasteiger partial charge in [0.15, 0.2) is 0 Å². The zero-order valence-electron chi connectivity index (χ0n) is 16.4. The van der Waals surface area contributed by atoms with Crippen molar-refractivity contribution in [2.75, 3.05) is 6.54 Å². The van der Waals surface area contributed by atoms with Crippen LogP contribution in [0.3, 0.4) is 0 Å². The van der Waals surface area contributed by atoms with Gasteiger partial charge < -0.3 is 9.42 Å². The molecule has 1 fully saturated rings. The number of carbonyl (C=O) groups excluding carboxylic acids is 1. The Bertz CT molecular complexity index is 1270. The van der Waals surface area contributed by atoms with Crippen molar-refractivity contribution in [2.45, 2.75) is 19.4 Å². The molecule has 8 nitrogen and oxygen atoms in total. The van der Waals surface area contributed by atoms with E-state index < -0.39 is 0 Å². The summed E-state index contributed by atoms with van der Waals surface area (Å²) in [7, 11) is 0. The number of amides is 1. The van der Waals surface area contributed by atoms with E-state index in [4.69, 9.17) is 27.7 Å². The third-order valence-corrected chi connectivity index (χ3v) is 5.98. The first kappa shape index (κ1) is 19.7. The molecule has 1 aliphatic rings. The fourth-order valence-corrected chi connectivity index (χ4v) is 3.90. The van der Waals surface area contributed by atoms with Gasteiger partial charge in [-0.3, -0.25) is 4.79 Å². The molecule has 2 aromatic carbocycles. The van der Waals surface area contributed by atoms with Crippen LogP contribution in [0, 0.1) is 6.92 Å². The molecule has 2 aromatic heterocycles. The quantitative estimate of drug-likeness (QED) is 0.450. The number of halogens is 2. The summed E-state index contributed by atoms with van der Waals surface area (Å²) in [6, 6.07) is 10.2. The molecule has 0 saturated carbocycles. The second-order valence-electron chi connectivity index (χ2n) is 7.15. The summed E-state index contributed by atoms with van der Waals surface area (Å²) in [5.74, 6) is 0.655. The van der Waals surface area contributed by atoms with Gasteiger partial charge in [-0.2, -0.15) is 20.0 Å². The van der Waals surface area contributed by atoms with E-state index in [9.17, 15) is 4.79 Å². The lowest BCUT2D eigenvalue weighted by Crippen LogP contribution is -2.45. The van der Waals surface area contributed by atoms with Gasteiger partial charge in [0, 0.05) is 22.2 Å². The van der Waals surface area contributed by atoms with Crippen LogP contribution in [0.25, 0.3) is 17.1 Å². The minimum Gasteiger partial charge on any atom is -0.337 e. The van der Waals surface area contributed by atoms with Gasteiger partial charge >= 0.3 is 0 Å². The minimum atomic E-state index is -0.303. The van der Waals surface area contributed by atoms with Crippen LogP contribution in [0.1, 0.15) is 34.3 Å². The Morgan fingerprint density at radius 3 is 2.71 bits per heavy atom. The molecule has 5 rings (SSSR count). The van der Waals surface area contributed by atoms with E-state index in [0.29, 0.717) is 39.6 Å². The van der Waals surface area contributed by atoms with Crippen LogP contribution >= 0.6 is 23.2 Å².